The highest BCUT2D eigenvalue weighted by Gasteiger charge is 2.23. The molecule has 9 heteroatoms. The number of carbonyl (C=O) groups is 1. The molecular formula is C62H123N2O6P. The predicted octanol–water partition coefficient (Wildman–Crippen LogP) is 18.5. The highest BCUT2D eigenvalue weighted by molar-refractivity contribution is 7.45. The number of likely N-dealkylation sites (N-methyl/N-ethyl adjacent to an activating group) is 1. The Morgan fingerprint density at radius 2 is 0.775 bits per heavy atom. The molecule has 3 unspecified atom stereocenters. The van der Waals surface area contributed by atoms with Gasteiger partial charge in [-0.15, -0.1) is 0 Å². The van der Waals surface area contributed by atoms with E-state index in [0.717, 1.165) is 38.5 Å². The van der Waals surface area contributed by atoms with Gasteiger partial charge >= 0.3 is 0 Å². The van der Waals surface area contributed by atoms with Gasteiger partial charge in [-0.1, -0.05) is 289 Å². The monoisotopic (exact) mass is 1020 g/mol. The number of hydrogen-bond acceptors (Lipinski definition) is 6. The molecule has 0 spiro atoms. The lowest BCUT2D eigenvalue weighted by atomic mass is 10.0. The quantitative estimate of drug-likeness (QED) is 0.0272. The van der Waals surface area contributed by atoms with Gasteiger partial charge < -0.3 is 28.8 Å². The van der Waals surface area contributed by atoms with Crippen molar-refractivity contribution in [3.63, 3.8) is 0 Å². The van der Waals surface area contributed by atoms with Crippen LogP contribution in [0.4, 0.5) is 0 Å². The zero-order valence-corrected chi connectivity index (χ0v) is 49.1. The minimum absolute atomic E-state index is 0.00124. The van der Waals surface area contributed by atoms with E-state index in [4.69, 9.17) is 9.05 Å². The van der Waals surface area contributed by atoms with Gasteiger partial charge in [0.05, 0.1) is 39.9 Å². The third-order valence-electron chi connectivity index (χ3n) is 14.4. The Balaban J connectivity index is 4.08. The lowest BCUT2D eigenvalue weighted by Crippen LogP contribution is -2.45. The van der Waals surface area contributed by atoms with Crippen molar-refractivity contribution < 1.29 is 32.9 Å². The number of nitrogens with zero attached hydrogens (tertiary/aromatic N) is 1. The van der Waals surface area contributed by atoms with Crippen molar-refractivity contribution in [3.8, 4) is 0 Å². The van der Waals surface area contributed by atoms with Crippen LogP contribution in [0.25, 0.3) is 0 Å². The number of nitrogens with one attached hydrogen (secondary N) is 1. The van der Waals surface area contributed by atoms with Crippen LogP contribution >= 0.6 is 7.82 Å². The summed E-state index contributed by atoms with van der Waals surface area (Å²) >= 11 is 0. The molecule has 0 radical (unpaired) electrons. The molecule has 2 N–H and O–H groups in total. The first-order valence-electron chi connectivity index (χ1n) is 31.2. The molecule has 3 atom stereocenters. The fourth-order valence-corrected chi connectivity index (χ4v) is 10.2. The second kappa shape index (κ2) is 53.8. The van der Waals surface area contributed by atoms with E-state index in [1.54, 1.807) is 6.08 Å². The van der Waals surface area contributed by atoms with E-state index in [-0.39, 0.29) is 19.1 Å². The number of rotatable bonds is 58. The first-order valence-corrected chi connectivity index (χ1v) is 32.7. The van der Waals surface area contributed by atoms with Crippen LogP contribution in [-0.4, -0.2) is 68.5 Å². The van der Waals surface area contributed by atoms with Gasteiger partial charge in [0.25, 0.3) is 7.82 Å². The molecule has 0 aromatic heterocycles. The average Bonchev–Trinajstić information content (AvgIpc) is 3.33. The van der Waals surface area contributed by atoms with Crippen molar-refractivity contribution in [3.05, 3.63) is 24.3 Å². The van der Waals surface area contributed by atoms with E-state index in [9.17, 15) is 19.4 Å². The summed E-state index contributed by atoms with van der Waals surface area (Å²) in [4.78, 5) is 25.5. The molecule has 0 aliphatic rings. The van der Waals surface area contributed by atoms with E-state index in [0.29, 0.717) is 17.4 Å². The molecule has 0 aliphatic heterocycles. The highest BCUT2D eigenvalue weighted by atomic mass is 31.2. The van der Waals surface area contributed by atoms with Gasteiger partial charge in [0.15, 0.2) is 0 Å². The van der Waals surface area contributed by atoms with Crippen LogP contribution < -0.4 is 10.2 Å². The van der Waals surface area contributed by atoms with Crippen LogP contribution in [0.1, 0.15) is 316 Å². The Bertz CT molecular complexity index is 1210. The first kappa shape index (κ1) is 70.0. The normalized spacial score (nSPS) is 14.0. The van der Waals surface area contributed by atoms with Crippen molar-refractivity contribution in [1.82, 2.24) is 5.32 Å². The highest BCUT2D eigenvalue weighted by Crippen LogP contribution is 2.38. The molecular weight excluding hydrogens is 900 g/mol. The maximum absolute atomic E-state index is 13.0. The molecule has 1 amide bonds. The maximum atomic E-state index is 13.0. The number of quaternary nitrogens is 1. The number of aliphatic hydroxyl groups excluding tert-OH is 1. The number of hydrogen-bond donors (Lipinski definition) is 2. The summed E-state index contributed by atoms with van der Waals surface area (Å²) in [6.07, 6.45) is 68.4. The SMILES string of the molecule is CCCCCCCCCCCCCC/C=C\CCCCCCCCCCCCCCCCC(=O)NC(COP(=O)([O-])OCC[N+](C)(C)C)C(O)/C=C/CCCCCCCCCCCCCCCCCCC. The largest absolute Gasteiger partial charge is 0.756 e. The third-order valence-corrected chi connectivity index (χ3v) is 15.4. The second-order valence-corrected chi connectivity index (χ2v) is 24.2. The first-order chi connectivity index (χ1) is 34.5. The third kappa shape index (κ3) is 56.5. The summed E-state index contributed by atoms with van der Waals surface area (Å²) < 4.78 is 23.4. The van der Waals surface area contributed by atoms with E-state index in [1.807, 2.05) is 27.2 Å². The number of phosphoric acid groups is 1. The van der Waals surface area contributed by atoms with Crippen LogP contribution in [0.2, 0.25) is 0 Å². The van der Waals surface area contributed by atoms with E-state index < -0.39 is 20.0 Å². The predicted molar refractivity (Wildman–Crippen MR) is 307 cm³/mol. The molecule has 0 saturated heterocycles. The number of amides is 1. The molecule has 8 nitrogen and oxygen atoms in total. The van der Waals surface area contributed by atoms with Crippen LogP contribution in [0, 0.1) is 0 Å². The number of unbranched alkanes of at least 4 members (excludes halogenated alkanes) is 43. The van der Waals surface area contributed by atoms with Crippen LogP contribution in [0.5, 0.6) is 0 Å². The fourth-order valence-electron chi connectivity index (χ4n) is 9.50. The molecule has 0 bridgehead atoms. The van der Waals surface area contributed by atoms with Crippen molar-refractivity contribution in [2.75, 3.05) is 40.9 Å². The van der Waals surface area contributed by atoms with E-state index >= 15 is 0 Å². The van der Waals surface area contributed by atoms with Crippen molar-refractivity contribution in [1.29, 1.82) is 0 Å². The number of aliphatic hydroxyl groups is 1. The summed E-state index contributed by atoms with van der Waals surface area (Å²) in [5, 5.41) is 13.9. The van der Waals surface area contributed by atoms with Crippen molar-refractivity contribution in [2.45, 2.75) is 328 Å². The molecule has 0 aliphatic carbocycles. The average molecular weight is 1020 g/mol. The zero-order chi connectivity index (χ0) is 52.0. The zero-order valence-electron chi connectivity index (χ0n) is 48.2. The van der Waals surface area contributed by atoms with Gasteiger partial charge in [-0.2, -0.15) is 0 Å². The number of carbonyl (C=O) groups excluding carboxylic acids is 1. The Hall–Kier alpha value is -1.02. The number of allylic oxidation sites excluding steroid dienone is 3. The van der Waals surface area contributed by atoms with E-state index in [2.05, 4.69) is 31.3 Å². The topological polar surface area (TPSA) is 108 Å². The number of phosphoric ester groups is 1. The van der Waals surface area contributed by atoms with E-state index in [1.165, 1.54) is 257 Å². The summed E-state index contributed by atoms with van der Waals surface area (Å²) in [7, 11) is 1.28. The Kier molecular flexibility index (Phi) is 53.0. The van der Waals surface area contributed by atoms with Gasteiger partial charge in [0, 0.05) is 6.42 Å². The van der Waals surface area contributed by atoms with Gasteiger partial charge in [0.1, 0.15) is 13.2 Å². The van der Waals surface area contributed by atoms with Gasteiger partial charge in [-0.05, 0) is 44.9 Å². The molecule has 0 aromatic carbocycles. The molecule has 0 aromatic rings. The Labute approximate surface area is 443 Å². The molecule has 0 rings (SSSR count). The molecule has 422 valence electrons. The van der Waals surface area contributed by atoms with Crippen LogP contribution in [0.3, 0.4) is 0 Å². The minimum Gasteiger partial charge on any atom is -0.756 e. The lowest BCUT2D eigenvalue weighted by Gasteiger charge is -2.29. The van der Waals surface area contributed by atoms with Crippen LogP contribution in [0.15, 0.2) is 24.3 Å². The molecule has 0 heterocycles. The standard InChI is InChI=1S/C62H123N2O6P/c1-6-8-10-12-14-16-18-20-22-24-26-27-28-29-30-31-32-33-34-35-36-38-40-42-44-46-48-50-52-54-56-62(66)63-60(59-70-71(67,68)69-58-57-64(3,4)5)61(65)55-53-51-49-47-45-43-41-39-37-25-23-21-19-17-15-13-11-9-7-2/h29-30,53,55,60-61,65H,6-28,31-52,54,56-59H2,1-5H3,(H-,63,66,67,68)/b30-29-,55-53+. The smallest absolute Gasteiger partial charge is 0.268 e. The fraction of sp³-hybridized carbons (Fsp3) is 0.919. The summed E-state index contributed by atoms with van der Waals surface area (Å²) in [6, 6.07) is -0.885. The Morgan fingerprint density at radius 3 is 1.10 bits per heavy atom. The van der Waals surface area contributed by atoms with Gasteiger partial charge in [0.2, 0.25) is 5.91 Å². The minimum atomic E-state index is -4.60. The lowest BCUT2D eigenvalue weighted by molar-refractivity contribution is -0.870. The molecule has 71 heavy (non-hydrogen) atoms. The van der Waals surface area contributed by atoms with Gasteiger partial charge in [-0.25, -0.2) is 0 Å². The van der Waals surface area contributed by atoms with Crippen molar-refractivity contribution in [2.24, 2.45) is 0 Å². The maximum Gasteiger partial charge on any atom is 0.268 e. The summed E-state index contributed by atoms with van der Waals surface area (Å²) in [6.45, 7) is 4.70. The van der Waals surface area contributed by atoms with Crippen molar-refractivity contribution >= 4 is 13.7 Å². The second-order valence-electron chi connectivity index (χ2n) is 22.8. The summed E-state index contributed by atoms with van der Waals surface area (Å²) in [5.41, 5.74) is 0. The Morgan fingerprint density at radius 1 is 0.479 bits per heavy atom. The molecule has 0 saturated carbocycles. The summed E-state index contributed by atoms with van der Waals surface area (Å²) in [5.74, 6) is -0.192. The van der Waals surface area contributed by atoms with Crippen LogP contribution in [-0.2, 0) is 18.4 Å². The van der Waals surface area contributed by atoms with Gasteiger partial charge in [-0.3, -0.25) is 9.36 Å². The molecule has 0 fully saturated rings.